The van der Waals surface area contributed by atoms with Crippen LogP contribution in [0.15, 0.2) is 57.9 Å². The number of carbonyl (C=O) groups is 1. The molecule has 1 aromatic carbocycles. The molecule has 0 saturated carbocycles. The molecule has 0 unspecified atom stereocenters. The molecule has 2 amide bonds. The van der Waals surface area contributed by atoms with Crippen LogP contribution in [0.4, 0.5) is 16.3 Å². The average molecular weight is 455 g/mol. The minimum Gasteiger partial charge on any atom is -0.359 e. The number of fused-ring (bicyclic) bond motifs is 1. The van der Waals surface area contributed by atoms with Crippen molar-refractivity contribution in [3.05, 3.63) is 59.2 Å². The molecule has 0 aliphatic heterocycles. The number of anilines is 2. The second kappa shape index (κ2) is 7.32. The van der Waals surface area contributed by atoms with Crippen LogP contribution in [-0.2, 0) is 5.41 Å². The quantitative estimate of drug-likeness (QED) is 0.447. The van der Waals surface area contributed by atoms with Crippen molar-refractivity contribution in [3.63, 3.8) is 0 Å². The Morgan fingerprint density at radius 1 is 1.10 bits per heavy atom. The van der Waals surface area contributed by atoms with Gasteiger partial charge in [-0.05, 0) is 46.3 Å². The molecule has 0 radical (unpaired) electrons. The van der Waals surface area contributed by atoms with Gasteiger partial charge in [0.05, 0.1) is 0 Å². The summed E-state index contributed by atoms with van der Waals surface area (Å²) in [6.45, 7) is 6.03. The van der Waals surface area contributed by atoms with Gasteiger partial charge < -0.3 is 9.84 Å². The van der Waals surface area contributed by atoms with Crippen LogP contribution in [0.2, 0.25) is 0 Å². The Kier molecular flexibility index (Phi) is 4.83. The van der Waals surface area contributed by atoms with Crippen molar-refractivity contribution in [1.82, 2.24) is 19.7 Å². The highest BCUT2D eigenvalue weighted by molar-refractivity contribution is 9.10. The van der Waals surface area contributed by atoms with Crippen molar-refractivity contribution >= 4 is 44.6 Å². The van der Waals surface area contributed by atoms with Crippen LogP contribution in [0, 0.1) is 0 Å². The summed E-state index contributed by atoms with van der Waals surface area (Å²) in [5.74, 6) is 1.07. The van der Waals surface area contributed by atoms with Gasteiger partial charge in [0.15, 0.2) is 11.5 Å². The van der Waals surface area contributed by atoms with Gasteiger partial charge in [0.1, 0.15) is 17.6 Å². The van der Waals surface area contributed by atoms with Gasteiger partial charge in [0.25, 0.3) is 0 Å². The summed E-state index contributed by atoms with van der Waals surface area (Å²) >= 11 is 3.40. The predicted molar refractivity (Wildman–Crippen MR) is 114 cm³/mol. The Hall–Kier alpha value is -3.20. The number of hydrogen-bond donors (Lipinski definition) is 2. The molecule has 2 N–H and O–H groups in total. The molecular formula is C20H19BrN6O2. The molecule has 3 aromatic heterocycles. The molecule has 0 spiro atoms. The predicted octanol–water partition coefficient (Wildman–Crippen LogP) is 5.11. The van der Waals surface area contributed by atoms with E-state index in [4.69, 9.17) is 4.52 Å². The highest BCUT2D eigenvalue weighted by Gasteiger charge is 2.20. The second-order valence-electron chi connectivity index (χ2n) is 7.56. The molecule has 4 aromatic rings. The van der Waals surface area contributed by atoms with Crippen LogP contribution in [-0.4, -0.2) is 25.7 Å². The van der Waals surface area contributed by atoms with E-state index in [1.165, 1.54) is 0 Å². The molecule has 0 atom stereocenters. The van der Waals surface area contributed by atoms with Crippen molar-refractivity contribution in [3.8, 4) is 5.69 Å². The van der Waals surface area contributed by atoms with Gasteiger partial charge in [-0.2, -0.15) is 0 Å². The summed E-state index contributed by atoms with van der Waals surface area (Å²) in [6, 6.07) is 10.6. The molecule has 0 aliphatic rings. The van der Waals surface area contributed by atoms with Gasteiger partial charge in [0, 0.05) is 33.5 Å². The maximum atomic E-state index is 12.2. The topological polar surface area (TPSA) is 97.9 Å². The van der Waals surface area contributed by atoms with Crippen molar-refractivity contribution in [2.45, 2.75) is 26.2 Å². The smallest absolute Gasteiger partial charge is 0.324 e. The van der Waals surface area contributed by atoms with E-state index in [9.17, 15) is 4.79 Å². The Morgan fingerprint density at radius 3 is 2.55 bits per heavy atom. The number of carbonyl (C=O) groups excluding carboxylic acids is 1. The van der Waals surface area contributed by atoms with Gasteiger partial charge in [-0.3, -0.25) is 9.88 Å². The SMILES string of the molecule is CC(C)(C)c1cc(NC(=O)Nc2ccc(-n3cnc4cc(Br)cnc43)cc2)no1. The normalized spacial score (nSPS) is 11.6. The summed E-state index contributed by atoms with van der Waals surface area (Å²) in [5, 5.41) is 9.33. The standard InChI is InChI=1S/C20H19BrN6O2/c1-20(2,3)16-9-17(26-29-16)25-19(28)24-13-4-6-14(7-5-13)27-11-23-15-8-12(21)10-22-18(15)27/h4-11H,1-3H3,(H2,24,25,26,28). The number of hydrogen-bond acceptors (Lipinski definition) is 5. The third kappa shape index (κ3) is 4.14. The molecule has 0 fully saturated rings. The van der Waals surface area contributed by atoms with Crippen molar-refractivity contribution in [2.75, 3.05) is 10.6 Å². The van der Waals surface area contributed by atoms with Crippen molar-refractivity contribution < 1.29 is 9.32 Å². The lowest BCUT2D eigenvalue weighted by Gasteiger charge is -2.12. The first kappa shape index (κ1) is 19.1. The second-order valence-corrected chi connectivity index (χ2v) is 8.48. The van der Waals surface area contributed by atoms with Gasteiger partial charge in [-0.25, -0.2) is 14.8 Å². The highest BCUT2D eigenvalue weighted by Crippen LogP contribution is 2.25. The number of nitrogens with one attached hydrogen (secondary N) is 2. The number of amides is 2. The van der Waals surface area contributed by atoms with Crippen LogP contribution in [0.3, 0.4) is 0 Å². The number of urea groups is 1. The molecule has 0 aliphatic carbocycles. The molecule has 8 nitrogen and oxygen atoms in total. The molecule has 29 heavy (non-hydrogen) atoms. The average Bonchev–Trinajstić information content (AvgIpc) is 3.29. The first-order chi connectivity index (χ1) is 13.8. The number of nitrogens with zero attached hydrogens (tertiary/aromatic N) is 4. The lowest BCUT2D eigenvalue weighted by Crippen LogP contribution is -2.19. The van der Waals surface area contributed by atoms with Gasteiger partial charge >= 0.3 is 6.03 Å². The summed E-state index contributed by atoms with van der Waals surface area (Å²) in [4.78, 5) is 21.0. The number of rotatable bonds is 3. The van der Waals surface area contributed by atoms with Crippen molar-refractivity contribution in [1.29, 1.82) is 0 Å². The summed E-state index contributed by atoms with van der Waals surface area (Å²) in [5.41, 5.74) is 2.91. The molecule has 0 bridgehead atoms. The number of pyridine rings is 1. The summed E-state index contributed by atoms with van der Waals surface area (Å²) < 4.78 is 8.03. The van der Waals surface area contributed by atoms with Gasteiger partial charge in [0.2, 0.25) is 0 Å². The van der Waals surface area contributed by atoms with E-state index in [0.717, 1.165) is 21.3 Å². The number of imidazole rings is 1. The first-order valence-electron chi connectivity index (χ1n) is 8.94. The Labute approximate surface area is 175 Å². The zero-order valence-corrected chi connectivity index (χ0v) is 17.7. The van der Waals surface area contributed by atoms with E-state index in [-0.39, 0.29) is 5.41 Å². The number of aromatic nitrogens is 4. The minimum atomic E-state index is -0.397. The van der Waals surface area contributed by atoms with E-state index in [2.05, 4.69) is 41.7 Å². The molecule has 0 saturated heterocycles. The molecule has 9 heteroatoms. The molecule has 148 valence electrons. The van der Waals surface area contributed by atoms with Crippen molar-refractivity contribution in [2.24, 2.45) is 0 Å². The van der Waals surface area contributed by atoms with Gasteiger partial charge in [-0.1, -0.05) is 25.9 Å². The maximum Gasteiger partial charge on any atom is 0.324 e. The fourth-order valence-electron chi connectivity index (χ4n) is 2.74. The molecule has 3 heterocycles. The van der Waals surface area contributed by atoms with Crippen LogP contribution in [0.25, 0.3) is 16.9 Å². The summed E-state index contributed by atoms with van der Waals surface area (Å²) in [7, 11) is 0. The van der Waals surface area contributed by atoms with E-state index in [1.807, 2.05) is 55.7 Å². The highest BCUT2D eigenvalue weighted by atomic mass is 79.9. The first-order valence-corrected chi connectivity index (χ1v) is 9.73. The Morgan fingerprint density at radius 2 is 1.86 bits per heavy atom. The fourth-order valence-corrected chi connectivity index (χ4v) is 3.06. The van der Waals surface area contributed by atoms with E-state index >= 15 is 0 Å². The summed E-state index contributed by atoms with van der Waals surface area (Å²) in [6.07, 6.45) is 3.45. The largest absolute Gasteiger partial charge is 0.359 e. The number of benzene rings is 1. The monoisotopic (exact) mass is 454 g/mol. The van der Waals surface area contributed by atoms with E-state index in [1.54, 1.807) is 18.6 Å². The zero-order valence-electron chi connectivity index (χ0n) is 16.1. The maximum absolute atomic E-state index is 12.2. The lowest BCUT2D eigenvalue weighted by molar-refractivity contribution is 0.262. The van der Waals surface area contributed by atoms with Gasteiger partial charge in [-0.15, -0.1) is 0 Å². The van der Waals surface area contributed by atoms with Crippen LogP contribution in [0.1, 0.15) is 26.5 Å². The third-order valence-corrected chi connectivity index (χ3v) is 4.68. The third-order valence-electron chi connectivity index (χ3n) is 4.25. The molecule has 4 rings (SSSR count). The van der Waals surface area contributed by atoms with E-state index in [0.29, 0.717) is 17.3 Å². The van der Waals surface area contributed by atoms with Crippen LogP contribution < -0.4 is 10.6 Å². The Balaban J connectivity index is 1.45. The lowest BCUT2D eigenvalue weighted by atomic mass is 9.93. The minimum absolute atomic E-state index is 0.179. The van der Waals surface area contributed by atoms with Crippen LogP contribution >= 0.6 is 15.9 Å². The number of halogens is 1. The fraction of sp³-hybridized carbons (Fsp3) is 0.200. The van der Waals surface area contributed by atoms with Crippen LogP contribution in [0.5, 0.6) is 0 Å². The molecular weight excluding hydrogens is 436 g/mol. The zero-order chi connectivity index (χ0) is 20.6. The van der Waals surface area contributed by atoms with E-state index < -0.39 is 6.03 Å². The Bertz CT molecular complexity index is 1170.